The van der Waals surface area contributed by atoms with Crippen molar-refractivity contribution < 1.29 is 0 Å². The Kier molecular flexibility index (Phi) is 2.78. The summed E-state index contributed by atoms with van der Waals surface area (Å²) >= 11 is 3.82. The molecule has 0 aliphatic rings. The molecular weight excluding hydrogens is 354 g/mol. The number of hydrogen-bond donors (Lipinski definition) is 1. The number of fused-ring (bicyclic) bond motifs is 7. The van der Waals surface area contributed by atoms with Gasteiger partial charge in [-0.2, -0.15) is 0 Å². The first-order chi connectivity index (χ1) is 12.7. The second kappa shape index (κ2) is 4.97. The lowest BCUT2D eigenvalue weighted by Crippen LogP contribution is -1.83. The molecule has 0 atom stereocenters. The molecule has 0 saturated carbocycles. The van der Waals surface area contributed by atoms with Gasteiger partial charge in [0.15, 0.2) is 0 Å². The Morgan fingerprint density at radius 1 is 0.615 bits per heavy atom. The third-order valence-corrected chi connectivity index (χ3v) is 7.68. The van der Waals surface area contributed by atoms with Gasteiger partial charge in [0, 0.05) is 25.9 Å². The highest BCUT2D eigenvalue weighted by Gasteiger charge is 2.14. The van der Waals surface area contributed by atoms with Crippen molar-refractivity contribution in [1.29, 1.82) is 0 Å². The summed E-state index contributed by atoms with van der Waals surface area (Å²) < 4.78 is 5.54. The van der Waals surface area contributed by atoms with Gasteiger partial charge < -0.3 is 5.73 Å². The summed E-state index contributed by atoms with van der Waals surface area (Å²) in [6.45, 7) is 2.16. The zero-order valence-electron chi connectivity index (χ0n) is 14.2. The fraction of sp³-hybridized carbons (Fsp3) is 0.0435. The SMILES string of the molecule is Cc1ccc2cc3sc4c5cc6cc(N)ccc6cc5sc4c3cc2c1. The van der Waals surface area contributed by atoms with E-state index in [0.717, 1.165) is 5.69 Å². The molecule has 2 aromatic heterocycles. The number of benzene rings is 4. The van der Waals surface area contributed by atoms with E-state index in [1.54, 1.807) is 0 Å². The van der Waals surface area contributed by atoms with Crippen LogP contribution < -0.4 is 5.73 Å². The average Bonchev–Trinajstić information content (AvgIpc) is 3.14. The van der Waals surface area contributed by atoms with E-state index in [9.17, 15) is 0 Å². The summed E-state index contributed by atoms with van der Waals surface area (Å²) in [6.07, 6.45) is 0. The standard InChI is InChI=1S/C23H15NS2/c1-12-2-3-13-10-20-18(8-15(13)6-12)22-23(25-20)19-9-16-7-17(24)5-4-14(16)11-21(19)26-22/h2-11H,24H2,1H3. The van der Waals surface area contributed by atoms with Crippen LogP contribution in [0.2, 0.25) is 0 Å². The van der Waals surface area contributed by atoms with Crippen LogP contribution in [0.1, 0.15) is 5.56 Å². The second-order valence-electron chi connectivity index (χ2n) is 7.02. The van der Waals surface area contributed by atoms with Gasteiger partial charge in [-0.05, 0) is 64.9 Å². The minimum Gasteiger partial charge on any atom is -0.399 e. The van der Waals surface area contributed by atoms with Crippen LogP contribution in [0.5, 0.6) is 0 Å². The average molecular weight is 370 g/mol. The molecule has 2 N–H and O–H groups in total. The lowest BCUT2D eigenvalue weighted by molar-refractivity contribution is 1.51. The molecule has 0 spiro atoms. The Balaban J connectivity index is 1.76. The van der Waals surface area contributed by atoms with E-state index < -0.39 is 0 Å². The summed E-state index contributed by atoms with van der Waals surface area (Å²) in [5.41, 5.74) is 8.12. The Hall–Kier alpha value is -2.62. The van der Waals surface area contributed by atoms with Crippen LogP contribution in [-0.2, 0) is 0 Å². The van der Waals surface area contributed by atoms with E-state index >= 15 is 0 Å². The Morgan fingerprint density at radius 3 is 1.85 bits per heavy atom. The highest BCUT2D eigenvalue weighted by Crippen LogP contribution is 2.46. The van der Waals surface area contributed by atoms with Crippen molar-refractivity contribution in [3.8, 4) is 0 Å². The molecule has 0 unspecified atom stereocenters. The van der Waals surface area contributed by atoms with E-state index in [0.29, 0.717) is 0 Å². The van der Waals surface area contributed by atoms with Gasteiger partial charge in [-0.1, -0.05) is 29.8 Å². The Morgan fingerprint density at radius 2 is 1.19 bits per heavy atom. The molecule has 26 heavy (non-hydrogen) atoms. The number of aryl methyl sites for hydroxylation is 1. The number of anilines is 1. The number of nitrogen functional groups attached to an aromatic ring is 1. The molecular formula is C23H15NS2. The molecule has 0 radical (unpaired) electrons. The lowest BCUT2D eigenvalue weighted by atomic mass is 10.1. The molecule has 0 aliphatic heterocycles. The van der Waals surface area contributed by atoms with Crippen LogP contribution in [0.3, 0.4) is 0 Å². The number of thiophene rings is 2. The van der Waals surface area contributed by atoms with Gasteiger partial charge in [0.2, 0.25) is 0 Å². The molecule has 0 amide bonds. The first-order valence-electron chi connectivity index (χ1n) is 8.64. The van der Waals surface area contributed by atoms with E-state index in [4.69, 9.17) is 5.73 Å². The van der Waals surface area contributed by atoms with Gasteiger partial charge in [0.1, 0.15) is 0 Å². The highest BCUT2D eigenvalue weighted by molar-refractivity contribution is 7.36. The van der Waals surface area contributed by atoms with Crippen molar-refractivity contribution >= 4 is 79.5 Å². The quantitative estimate of drug-likeness (QED) is 0.276. The van der Waals surface area contributed by atoms with Crippen molar-refractivity contribution in [3.63, 3.8) is 0 Å². The minimum atomic E-state index is 0.821. The summed E-state index contributed by atoms with van der Waals surface area (Å²) in [5, 5.41) is 7.85. The van der Waals surface area contributed by atoms with Crippen molar-refractivity contribution in [2.24, 2.45) is 0 Å². The maximum absolute atomic E-state index is 5.99. The molecule has 0 bridgehead atoms. The van der Waals surface area contributed by atoms with Crippen LogP contribution in [0.15, 0.2) is 60.7 Å². The van der Waals surface area contributed by atoms with Crippen molar-refractivity contribution in [2.75, 3.05) is 5.73 Å². The highest BCUT2D eigenvalue weighted by atomic mass is 32.1. The molecule has 3 heteroatoms. The van der Waals surface area contributed by atoms with Crippen LogP contribution >= 0.6 is 22.7 Å². The Bertz CT molecular complexity index is 1390. The van der Waals surface area contributed by atoms with Gasteiger partial charge in [0.05, 0.1) is 9.40 Å². The summed E-state index contributed by atoms with van der Waals surface area (Å²) in [4.78, 5) is 0. The molecule has 4 aromatic carbocycles. The zero-order valence-corrected chi connectivity index (χ0v) is 15.8. The van der Waals surface area contributed by atoms with Crippen LogP contribution in [0.25, 0.3) is 51.1 Å². The number of nitrogens with two attached hydrogens (primary N) is 1. The first-order valence-corrected chi connectivity index (χ1v) is 10.3. The smallest absolute Gasteiger partial charge is 0.0542 e. The largest absolute Gasteiger partial charge is 0.399 e. The molecule has 6 rings (SSSR count). The van der Waals surface area contributed by atoms with E-state index in [2.05, 4.69) is 61.5 Å². The Labute approximate surface area is 158 Å². The number of hydrogen-bond acceptors (Lipinski definition) is 3. The van der Waals surface area contributed by atoms with Crippen molar-refractivity contribution in [3.05, 3.63) is 66.2 Å². The summed E-state index contributed by atoms with van der Waals surface area (Å²) in [6, 6.07) is 22.2. The van der Waals surface area contributed by atoms with Gasteiger partial charge in [-0.15, -0.1) is 22.7 Å². The normalized spacial score (nSPS) is 12.2. The summed E-state index contributed by atoms with van der Waals surface area (Å²) in [5.74, 6) is 0. The molecule has 1 nitrogen and oxygen atoms in total. The zero-order chi connectivity index (χ0) is 17.4. The summed E-state index contributed by atoms with van der Waals surface area (Å²) in [7, 11) is 0. The van der Waals surface area contributed by atoms with Crippen LogP contribution in [0, 0.1) is 6.92 Å². The van der Waals surface area contributed by atoms with Crippen LogP contribution in [0.4, 0.5) is 5.69 Å². The fourth-order valence-corrected chi connectivity index (χ4v) is 6.58. The predicted molar refractivity (Wildman–Crippen MR) is 119 cm³/mol. The van der Waals surface area contributed by atoms with Crippen molar-refractivity contribution in [1.82, 2.24) is 0 Å². The minimum absolute atomic E-state index is 0.821. The maximum atomic E-state index is 5.99. The molecule has 0 saturated heterocycles. The second-order valence-corrected chi connectivity index (χ2v) is 9.12. The molecule has 0 aliphatic carbocycles. The molecule has 124 valence electrons. The van der Waals surface area contributed by atoms with Crippen LogP contribution in [-0.4, -0.2) is 0 Å². The third-order valence-electron chi connectivity index (χ3n) is 5.18. The monoisotopic (exact) mass is 369 g/mol. The van der Waals surface area contributed by atoms with Gasteiger partial charge in [0.25, 0.3) is 0 Å². The van der Waals surface area contributed by atoms with Gasteiger partial charge in [-0.25, -0.2) is 0 Å². The van der Waals surface area contributed by atoms with Gasteiger partial charge in [-0.3, -0.25) is 0 Å². The topological polar surface area (TPSA) is 26.0 Å². The first kappa shape index (κ1) is 14.5. The lowest BCUT2D eigenvalue weighted by Gasteiger charge is -2.01. The van der Waals surface area contributed by atoms with E-state index in [-0.39, 0.29) is 0 Å². The third kappa shape index (κ3) is 1.96. The van der Waals surface area contributed by atoms with Crippen molar-refractivity contribution in [2.45, 2.75) is 6.92 Å². The fourth-order valence-electron chi connectivity index (χ4n) is 3.88. The maximum Gasteiger partial charge on any atom is 0.0542 e. The molecule has 6 aromatic rings. The molecule has 0 fully saturated rings. The van der Waals surface area contributed by atoms with Gasteiger partial charge >= 0.3 is 0 Å². The van der Waals surface area contributed by atoms with E-state index in [1.165, 1.54) is 56.7 Å². The number of rotatable bonds is 0. The van der Waals surface area contributed by atoms with E-state index in [1.807, 2.05) is 28.7 Å². The molecule has 2 heterocycles. The predicted octanol–water partition coefficient (Wildman–Crippen LogP) is 7.47.